The molecule has 0 fully saturated rings. The molecule has 1 aliphatic rings. The number of hydrogen-bond acceptors (Lipinski definition) is 2. The molecule has 1 heterocycles. The molecule has 2 N–H and O–H groups in total. The molecule has 0 saturated heterocycles. The molecule has 3 heteroatoms. The van der Waals surface area contributed by atoms with E-state index in [1.54, 1.807) is 0 Å². The third-order valence-electron chi connectivity index (χ3n) is 3.92. The maximum absolute atomic E-state index is 4.47. The van der Waals surface area contributed by atoms with Gasteiger partial charge in [0.2, 0.25) is 0 Å². The summed E-state index contributed by atoms with van der Waals surface area (Å²) in [6.45, 7) is 4.47. The van der Waals surface area contributed by atoms with Crippen LogP contribution in [-0.4, -0.2) is 17.2 Å². The Bertz CT molecular complexity index is 556. The Morgan fingerprint density at radius 2 is 2.00 bits per heavy atom. The van der Waals surface area contributed by atoms with Crippen LogP contribution in [-0.2, 0) is 5.54 Å². The number of rotatable bonds is 2. The SMILES string of the molecule is CNC1(C(C)C)c2ccccc2-c2c[nH]nc21. The van der Waals surface area contributed by atoms with Crippen LogP contribution in [0.4, 0.5) is 0 Å². The van der Waals surface area contributed by atoms with Crippen molar-refractivity contribution >= 4 is 0 Å². The van der Waals surface area contributed by atoms with Gasteiger partial charge in [-0.15, -0.1) is 0 Å². The monoisotopic (exact) mass is 227 g/mol. The topological polar surface area (TPSA) is 40.7 Å². The van der Waals surface area contributed by atoms with Crippen LogP contribution in [0.25, 0.3) is 11.1 Å². The zero-order valence-corrected chi connectivity index (χ0v) is 10.4. The smallest absolute Gasteiger partial charge is 0.0949 e. The third kappa shape index (κ3) is 1.12. The number of nitrogens with zero attached hydrogens (tertiary/aromatic N) is 1. The number of benzene rings is 1. The predicted octanol–water partition coefficient (Wildman–Crippen LogP) is 2.51. The molecule has 3 rings (SSSR count). The van der Waals surface area contributed by atoms with Crippen molar-refractivity contribution in [3.63, 3.8) is 0 Å². The molecule has 1 unspecified atom stereocenters. The fraction of sp³-hybridized carbons (Fsp3) is 0.357. The Balaban J connectivity index is 2.37. The number of aromatic amines is 1. The molecule has 0 bridgehead atoms. The van der Waals surface area contributed by atoms with E-state index in [-0.39, 0.29) is 5.54 Å². The molecule has 88 valence electrons. The van der Waals surface area contributed by atoms with Crippen LogP contribution in [0.5, 0.6) is 0 Å². The van der Waals surface area contributed by atoms with Crippen molar-refractivity contribution < 1.29 is 0 Å². The molecule has 3 nitrogen and oxygen atoms in total. The van der Waals surface area contributed by atoms with E-state index in [1.807, 2.05) is 13.2 Å². The highest BCUT2D eigenvalue weighted by Gasteiger charge is 2.46. The summed E-state index contributed by atoms with van der Waals surface area (Å²) in [5.74, 6) is 0.443. The molecule has 1 aliphatic carbocycles. The van der Waals surface area contributed by atoms with Crippen molar-refractivity contribution in [1.82, 2.24) is 15.5 Å². The average molecular weight is 227 g/mol. The summed E-state index contributed by atoms with van der Waals surface area (Å²) in [5, 5.41) is 11.0. The summed E-state index contributed by atoms with van der Waals surface area (Å²) in [5.41, 5.74) is 4.81. The van der Waals surface area contributed by atoms with Crippen LogP contribution >= 0.6 is 0 Å². The lowest BCUT2D eigenvalue weighted by atomic mass is 9.80. The van der Waals surface area contributed by atoms with Crippen LogP contribution in [0.3, 0.4) is 0 Å². The first kappa shape index (κ1) is 10.5. The van der Waals surface area contributed by atoms with Gasteiger partial charge in [-0.3, -0.25) is 5.10 Å². The molecule has 0 spiro atoms. The van der Waals surface area contributed by atoms with E-state index in [0.717, 1.165) is 5.69 Å². The van der Waals surface area contributed by atoms with E-state index in [0.29, 0.717) is 5.92 Å². The van der Waals surface area contributed by atoms with E-state index in [1.165, 1.54) is 16.7 Å². The lowest BCUT2D eigenvalue weighted by Crippen LogP contribution is -2.44. The minimum atomic E-state index is -0.161. The van der Waals surface area contributed by atoms with Crippen molar-refractivity contribution in [3.05, 3.63) is 41.7 Å². The number of nitrogens with one attached hydrogen (secondary N) is 2. The maximum Gasteiger partial charge on any atom is 0.0949 e. The standard InChI is InChI=1S/C14H17N3/c1-9(2)14(15-3)12-7-5-4-6-10(12)11-8-16-17-13(11)14/h4-9,15H,1-3H3,(H,16,17). The van der Waals surface area contributed by atoms with E-state index in [9.17, 15) is 0 Å². The lowest BCUT2D eigenvalue weighted by Gasteiger charge is -2.34. The molecular weight excluding hydrogens is 210 g/mol. The van der Waals surface area contributed by atoms with Gasteiger partial charge in [-0.05, 0) is 24.1 Å². The number of H-pyrrole nitrogens is 1. The highest BCUT2D eigenvalue weighted by atomic mass is 15.2. The summed E-state index contributed by atoms with van der Waals surface area (Å²) in [4.78, 5) is 0. The average Bonchev–Trinajstić information content (AvgIpc) is 2.88. The van der Waals surface area contributed by atoms with Gasteiger partial charge in [0, 0.05) is 11.8 Å². The Hall–Kier alpha value is -1.61. The minimum absolute atomic E-state index is 0.161. The van der Waals surface area contributed by atoms with Gasteiger partial charge in [0.25, 0.3) is 0 Å². The quantitative estimate of drug-likeness (QED) is 0.827. The van der Waals surface area contributed by atoms with E-state index < -0.39 is 0 Å². The maximum atomic E-state index is 4.47. The second-order valence-electron chi connectivity index (χ2n) is 4.91. The first-order chi connectivity index (χ1) is 8.21. The van der Waals surface area contributed by atoms with Gasteiger partial charge in [-0.2, -0.15) is 5.10 Å². The van der Waals surface area contributed by atoms with Gasteiger partial charge in [0.05, 0.1) is 11.2 Å². The minimum Gasteiger partial charge on any atom is -0.305 e. The van der Waals surface area contributed by atoms with Crippen molar-refractivity contribution in [1.29, 1.82) is 0 Å². The second kappa shape index (κ2) is 3.44. The number of aromatic nitrogens is 2. The van der Waals surface area contributed by atoms with Crippen LogP contribution < -0.4 is 5.32 Å². The van der Waals surface area contributed by atoms with E-state index in [4.69, 9.17) is 0 Å². The molecule has 0 aliphatic heterocycles. The molecule has 17 heavy (non-hydrogen) atoms. The number of hydrogen-bond donors (Lipinski definition) is 2. The fourth-order valence-corrected chi connectivity index (χ4v) is 3.11. The summed E-state index contributed by atoms with van der Waals surface area (Å²) in [6, 6.07) is 8.56. The van der Waals surface area contributed by atoms with Crippen LogP contribution in [0.15, 0.2) is 30.5 Å². The van der Waals surface area contributed by atoms with Crippen molar-refractivity contribution in [2.45, 2.75) is 19.4 Å². The van der Waals surface area contributed by atoms with Crippen molar-refractivity contribution in [2.75, 3.05) is 7.05 Å². The Morgan fingerprint density at radius 3 is 2.71 bits per heavy atom. The Labute approximate surface area is 101 Å². The van der Waals surface area contributed by atoms with Gasteiger partial charge in [0.1, 0.15) is 0 Å². The lowest BCUT2D eigenvalue weighted by molar-refractivity contribution is 0.316. The second-order valence-corrected chi connectivity index (χ2v) is 4.91. The van der Waals surface area contributed by atoms with Crippen molar-refractivity contribution in [3.8, 4) is 11.1 Å². The first-order valence-corrected chi connectivity index (χ1v) is 6.05. The number of fused-ring (bicyclic) bond motifs is 3. The highest BCUT2D eigenvalue weighted by molar-refractivity contribution is 5.79. The first-order valence-electron chi connectivity index (χ1n) is 6.05. The molecular formula is C14H17N3. The van der Waals surface area contributed by atoms with Crippen LogP contribution in [0.2, 0.25) is 0 Å². The van der Waals surface area contributed by atoms with Gasteiger partial charge < -0.3 is 5.32 Å². The van der Waals surface area contributed by atoms with Crippen LogP contribution in [0.1, 0.15) is 25.1 Å². The zero-order chi connectivity index (χ0) is 12.0. The molecule has 1 aromatic heterocycles. The molecule has 0 saturated carbocycles. The van der Waals surface area contributed by atoms with Gasteiger partial charge in [0.15, 0.2) is 0 Å². The predicted molar refractivity (Wildman–Crippen MR) is 68.7 cm³/mol. The summed E-state index contributed by atoms with van der Waals surface area (Å²) >= 11 is 0. The normalized spacial score (nSPS) is 21.6. The summed E-state index contributed by atoms with van der Waals surface area (Å²) < 4.78 is 0. The van der Waals surface area contributed by atoms with Crippen LogP contribution in [0, 0.1) is 5.92 Å². The third-order valence-corrected chi connectivity index (χ3v) is 3.92. The zero-order valence-electron chi connectivity index (χ0n) is 10.4. The molecule has 2 aromatic rings. The van der Waals surface area contributed by atoms with E-state index >= 15 is 0 Å². The molecule has 1 atom stereocenters. The largest absolute Gasteiger partial charge is 0.305 e. The van der Waals surface area contributed by atoms with Gasteiger partial charge >= 0.3 is 0 Å². The van der Waals surface area contributed by atoms with Crippen molar-refractivity contribution in [2.24, 2.45) is 5.92 Å². The van der Waals surface area contributed by atoms with Gasteiger partial charge in [-0.25, -0.2) is 0 Å². The molecule has 1 aromatic carbocycles. The molecule has 0 amide bonds. The summed E-state index contributed by atoms with van der Waals surface area (Å²) in [6.07, 6.45) is 2.00. The Kier molecular flexibility index (Phi) is 2.13. The summed E-state index contributed by atoms with van der Waals surface area (Å²) in [7, 11) is 2.01. The van der Waals surface area contributed by atoms with Gasteiger partial charge in [-0.1, -0.05) is 38.1 Å². The Morgan fingerprint density at radius 1 is 1.24 bits per heavy atom. The molecule has 0 radical (unpaired) electrons. The fourth-order valence-electron chi connectivity index (χ4n) is 3.11. The highest BCUT2D eigenvalue weighted by Crippen LogP contribution is 2.49. The van der Waals surface area contributed by atoms with E-state index in [2.05, 4.69) is 53.6 Å².